The maximum atomic E-state index is 10.4. The largest absolute Gasteiger partial charge is 0.507 e. The van der Waals surface area contributed by atoms with Crippen LogP contribution in [0.4, 0.5) is 0 Å². The monoisotopic (exact) mass is 262 g/mol. The van der Waals surface area contributed by atoms with Gasteiger partial charge in [0.15, 0.2) is 0 Å². The fourth-order valence-corrected chi connectivity index (χ4v) is 3.16. The molecule has 0 saturated heterocycles. The van der Waals surface area contributed by atoms with Crippen LogP contribution in [0, 0.1) is 0 Å². The maximum Gasteiger partial charge on any atom is 0.124 e. The highest BCUT2D eigenvalue weighted by Gasteiger charge is 2.23. The van der Waals surface area contributed by atoms with E-state index in [0.29, 0.717) is 5.75 Å². The van der Waals surface area contributed by atoms with Gasteiger partial charge in [0.25, 0.3) is 0 Å². The van der Waals surface area contributed by atoms with E-state index in [1.807, 2.05) is 30.3 Å². The Bertz CT molecular complexity index is 834. The Morgan fingerprint density at radius 3 is 2.75 bits per heavy atom. The molecule has 0 spiro atoms. The molecule has 2 nitrogen and oxygen atoms in total. The zero-order chi connectivity index (χ0) is 13.7. The SMILES string of the molecule is COc1ccc2c3c(c(O)cc2c1)-c1ccccc1C3. The van der Waals surface area contributed by atoms with E-state index in [2.05, 4.69) is 18.2 Å². The number of hydrogen-bond acceptors (Lipinski definition) is 2. The Balaban J connectivity index is 2.06. The van der Waals surface area contributed by atoms with Crippen LogP contribution >= 0.6 is 0 Å². The normalized spacial score (nSPS) is 12.2. The number of phenols is 1. The molecule has 0 radical (unpaired) electrons. The second kappa shape index (κ2) is 4.01. The molecule has 0 atom stereocenters. The fraction of sp³-hybridized carbons (Fsp3) is 0.111. The van der Waals surface area contributed by atoms with Gasteiger partial charge in [0.05, 0.1) is 7.11 Å². The molecule has 0 fully saturated rings. The molecule has 0 heterocycles. The second-order valence-electron chi connectivity index (χ2n) is 5.17. The highest BCUT2D eigenvalue weighted by atomic mass is 16.5. The number of aromatic hydroxyl groups is 1. The van der Waals surface area contributed by atoms with E-state index in [9.17, 15) is 5.11 Å². The average molecular weight is 262 g/mol. The van der Waals surface area contributed by atoms with Crippen LogP contribution in [0.3, 0.4) is 0 Å². The first-order chi connectivity index (χ1) is 9.78. The van der Waals surface area contributed by atoms with Crippen LogP contribution in [0.25, 0.3) is 21.9 Å². The predicted octanol–water partition coefficient (Wildman–Crippen LogP) is 4.13. The van der Waals surface area contributed by atoms with Crippen molar-refractivity contribution in [1.29, 1.82) is 0 Å². The highest BCUT2D eigenvalue weighted by Crippen LogP contribution is 2.46. The van der Waals surface area contributed by atoms with Gasteiger partial charge in [-0.2, -0.15) is 0 Å². The molecule has 0 unspecified atom stereocenters. The number of phenolic OH excluding ortho intramolecular Hbond substituents is 1. The molecule has 0 aromatic heterocycles. The lowest BCUT2D eigenvalue weighted by atomic mass is 9.98. The molecule has 1 aliphatic carbocycles. The summed E-state index contributed by atoms with van der Waals surface area (Å²) in [6, 6.07) is 16.1. The predicted molar refractivity (Wildman–Crippen MR) is 80.4 cm³/mol. The van der Waals surface area contributed by atoms with Crippen molar-refractivity contribution in [1.82, 2.24) is 0 Å². The minimum atomic E-state index is 0.353. The van der Waals surface area contributed by atoms with Crippen LogP contribution in [0.15, 0.2) is 48.5 Å². The highest BCUT2D eigenvalue weighted by molar-refractivity contribution is 5.98. The van der Waals surface area contributed by atoms with Gasteiger partial charge in [0.2, 0.25) is 0 Å². The van der Waals surface area contributed by atoms with Crippen molar-refractivity contribution in [2.45, 2.75) is 6.42 Å². The van der Waals surface area contributed by atoms with Gasteiger partial charge >= 0.3 is 0 Å². The van der Waals surface area contributed by atoms with Crippen LogP contribution < -0.4 is 4.74 Å². The average Bonchev–Trinajstić information content (AvgIpc) is 2.86. The smallest absolute Gasteiger partial charge is 0.124 e. The van der Waals surface area contributed by atoms with Gasteiger partial charge in [-0.1, -0.05) is 30.3 Å². The Hall–Kier alpha value is -2.48. The molecular weight excluding hydrogens is 248 g/mol. The molecule has 0 saturated carbocycles. The van der Waals surface area contributed by atoms with Crippen LogP contribution in [0.5, 0.6) is 11.5 Å². The molecule has 4 rings (SSSR count). The number of ether oxygens (including phenoxy) is 1. The van der Waals surface area contributed by atoms with E-state index >= 15 is 0 Å². The molecule has 20 heavy (non-hydrogen) atoms. The van der Waals surface area contributed by atoms with Gasteiger partial charge in [0, 0.05) is 5.56 Å². The van der Waals surface area contributed by atoms with Gasteiger partial charge < -0.3 is 9.84 Å². The molecule has 3 aromatic carbocycles. The summed E-state index contributed by atoms with van der Waals surface area (Å²) in [7, 11) is 1.66. The van der Waals surface area contributed by atoms with Crippen molar-refractivity contribution < 1.29 is 9.84 Å². The van der Waals surface area contributed by atoms with E-state index in [-0.39, 0.29) is 0 Å². The third-order valence-electron chi connectivity index (χ3n) is 4.09. The summed E-state index contributed by atoms with van der Waals surface area (Å²) in [6.07, 6.45) is 0.878. The summed E-state index contributed by atoms with van der Waals surface area (Å²) in [5.74, 6) is 1.16. The minimum absolute atomic E-state index is 0.353. The van der Waals surface area contributed by atoms with Crippen LogP contribution in [0.1, 0.15) is 11.1 Å². The number of benzene rings is 3. The molecule has 0 amide bonds. The first kappa shape index (κ1) is 11.4. The summed E-state index contributed by atoms with van der Waals surface area (Å²) in [5, 5.41) is 12.6. The summed E-state index contributed by atoms with van der Waals surface area (Å²) in [6.45, 7) is 0. The minimum Gasteiger partial charge on any atom is -0.507 e. The van der Waals surface area contributed by atoms with E-state index in [4.69, 9.17) is 4.74 Å². The van der Waals surface area contributed by atoms with Gasteiger partial charge in [0.1, 0.15) is 11.5 Å². The van der Waals surface area contributed by atoms with E-state index in [0.717, 1.165) is 28.7 Å². The Morgan fingerprint density at radius 1 is 1.05 bits per heavy atom. The summed E-state index contributed by atoms with van der Waals surface area (Å²) < 4.78 is 5.26. The number of fused-ring (bicyclic) bond motifs is 5. The van der Waals surface area contributed by atoms with Gasteiger partial charge in [-0.25, -0.2) is 0 Å². The van der Waals surface area contributed by atoms with Crippen LogP contribution in [-0.2, 0) is 6.42 Å². The van der Waals surface area contributed by atoms with Crippen molar-refractivity contribution >= 4 is 10.8 Å². The van der Waals surface area contributed by atoms with E-state index in [1.54, 1.807) is 7.11 Å². The maximum absolute atomic E-state index is 10.4. The van der Waals surface area contributed by atoms with Crippen molar-refractivity contribution in [3.8, 4) is 22.6 Å². The van der Waals surface area contributed by atoms with Crippen LogP contribution in [-0.4, -0.2) is 12.2 Å². The van der Waals surface area contributed by atoms with E-state index < -0.39 is 0 Å². The van der Waals surface area contributed by atoms with Gasteiger partial charge in [-0.15, -0.1) is 0 Å². The van der Waals surface area contributed by atoms with Crippen molar-refractivity contribution in [3.05, 3.63) is 59.7 Å². The van der Waals surface area contributed by atoms with Crippen molar-refractivity contribution in [2.24, 2.45) is 0 Å². The molecule has 1 aliphatic rings. The lowest BCUT2D eigenvalue weighted by molar-refractivity contribution is 0.415. The molecule has 1 N–H and O–H groups in total. The number of methoxy groups -OCH3 is 1. The topological polar surface area (TPSA) is 29.5 Å². The van der Waals surface area contributed by atoms with Gasteiger partial charge in [-0.3, -0.25) is 0 Å². The lowest BCUT2D eigenvalue weighted by Gasteiger charge is -2.10. The molecule has 98 valence electrons. The fourth-order valence-electron chi connectivity index (χ4n) is 3.16. The van der Waals surface area contributed by atoms with Crippen LogP contribution in [0.2, 0.25) is 0 Å². The lowest BCUT2D eigenvalue weighted by Crippen LogP contribution is -1.87. The summed E-state index contributed by atoms with van der Waals surface area (Å²) >= 11 is 0. The molecule has 0 aliphatic heterocycles. The number of hydrogen-bond donors (Lipinski definition) is 1. The molecular formula is C18H14O2. The standard InChI is InChI=1S/C18H14O2/c1-20-13-6-7-14-12(8-13)10-17(19)18-15-5-3-2-4-11(15)9-16(14)18/h2-8,10,19H,9H2,1H3. The van der Waals surface area contributed by atoms with Crippen molar-refractivity contribution in [2.75, 3.05) is 7.11 Å². The molecule has 2 heteroatoms. The second-order valence-corrected chi connectivity index (χ2v) is 5.17. The summed E-state index contributed by atoms with van der Waals surface area (Å²) in [5.41, 5.74) is 4.63. The zero-order valence-electron chi connectivity index (χ0n) is 11.2. The zero-order valence-corrected chi connectivity index (χ0v) is 11.2. The van der Waals surface area contributed by atoms with Crippen molar-refractivity contribution in [3.63, 3.8) is 0 Å². The Labute approximate surface area is 117 Å². The van der Waals surface area contributed by atoms with Gasteiger partial charge in [-0.05, 0) is 52.1 Å². The number of rotatable bonds is 1. The Morgan fingerprint density at radius 2 is 1.90 bits per heavy atom. The third kappa shape index (κ3) is 1.45. The first-order valence-electron chi connectivity index (χ1n) is 6.69. The molecule has 3 aromatic rings. The quantitative estimate of drug-likeness (QED) is 0.559. The van der Waals surface area contributed by atoms with E-state index in [1.165, 1.54) is 16.5 Å². The first-order valence-corrected chi connectivity index (χ1v) is 6.69. The summed E-state index contributed by atoms with van der Waals surface area (Å²) in [4.78, 5) is 0. The Kier molecular flexibility index (Phi) is 2.27. The molecule has 0 bridgehead atoms. The third-order valence-corrected chi connectivity index (χ3v) is 4.09.